The molecule has 2 radical (unpaired) electrons. The van der Waals surface area contributed by atoms with Gasteiger partial charge in [0.1, 0.15) is 0 Å². The maximum Gasteiger partial charge on any atom is 0 e. The molecule has 0 fully saturated rings. The van der Waals surface area contributed by atoms with Crippen LogP contribution in [0, 0.1) is 24.3 Å². The number of benzene rings is 3. The molecule has 3 aromatic carbocycles. The second kappa shape index (κ2) is 18.9. The van der Waals surface area contributed by atoms with E-state index in [0.29, 0.717) is 0 Å². The van der Waals surface area contributed by atoms with Gasteiger partial charge in [-0.2, -0.15) is 72.8 Å². The Kier molecular flexibility index (Phi) is 20.9. The maximum absolute atomic E-state index is 2.89. The first-order valence-electron chi connectivity index (χ1n) is 5.64. The summed E-state index contributed by atoms with van der Waals surface area (Å²) in [5.74, 6) is 0. The van der Waals surface area contributed by atoms with E-state index in [2.05, 4.69) is 24.3 Å². The molecule has 0 saturated carbocycles. The standard InChI is InChI=1S/2C6H5.C6H4.2Y/c3*1-2-4-6-5-3-1;;/h2*1-5H;1-2,5-6H;;/q2*-1;-2;;. The predicted molar refractivity (Wildman–Crippen MR) is 74.7 cm³/mol. The van der Waals surface area contributed by atoms with Crippen molar-refractivity contribution in [2.24, 2.45) is 0 Å². The van der Waals surface area contributed by atoms with Gasteiger partial charge in [-0.1, -0.05) is 0 Å². The molecule has 0 saturated heterocycles. The Labute approximate surface area is 172 Å². The molecule has 0 aliphatic carbocycles. The Morgan fingerprint density at radius 3 is 0.650 bits per heavy atom. The van der Waals surface area contributed by atoms with Crippen molar-refractivity contribution in [3.8, 4) is 0 Å². The minimum Gasteiger partial charge on any atom is -0.319 e. The minimum absolute atomic E-state index is 0. The van der Waals surface area contributed by atoms with Crippen LogP contribution in [-0.4, -0.2) is 0 Å². The monoisotopic (exact) mass is 408 g/mol. The fourth-order valence-corrected chi connectivity index (χ4v) is 0.987. The Bertz CT molecular complexity index is 300. The normalized spacial score (nSPS) is 7.20. The topological polar surface area (TPSA) is 0 Å². The maximum atomic E-state index is 2.89. The van der Waals surface area contributed by atoms with Crippen LogP contribution in [0.15, 0.2) is 84.9 Å². The van der Waals surface area contributed by atoms with E-state index >= 15 is 0 Å². The summed E-state index contributed by atoms with van der Waals surface area (Å²) < 4.78 is 0. The zero-order valence-electron chi connectivity index (χ0n) is 11.2. The average Bonchev–Trinajstić information content (AvgIpc) is 2.54. The van der Waals surface area contributed by atoms with Crippen LogP contribution in [-0.2, 0) is 65.4 Å². The van der Waals surface area contributed by atoms with Crippen molar-refractivity contribution in [2.75, 3.05) is 0 Å². The Hall–Kier alpha value is -0.132. The van der Waals surface area contributed by atoms with E-state index in [9.17, 15) is 0 Å². The van der Waals surface area contributed by atoms with E-state index in [0.717, 1.165) is 0 Å². The molecule has 0 bridgehead atoms. The van der Waals surface area contributed by atoms with Gasteiger partial charge in [-0.05, 0) is 0 Å². The first-order chi connectivity index (χ1) is 9.00. The van der Waals surface area contributed by atoms with Gasteiger partial charge < -0.3 is 12.1 Å². The van der Waals surface area contributed by atoms with E-state index < -0.39 is 0 Å². The summed E-state index contributed by atoms with van der Waals surface area (Å²) in [6.07, 6.45) is 0. The molecular formula is C18H14Y2-4. The number of hydrogen-bond acceptors (Lipinski definition) is 0. The second-order valence-electron chi connectivity index (χ2n) is 3.15. The molecule has 3 aromatic rings. The van der Waals surface area contributed by atoms with Gasteiger partial charge in [0.2, 0.25) is 0 Å². The third-order valence-electron chi connectivity index (χ3n) is 1.77. The molecule has 0 heterocycles. The van der Waals surface area contributed by atoms with E-state index in [-0.39, 0.29) is 65.4 Å². The van der Waals surface area contributed by atoms with Crippen molar-refractivity contribution in [1.82, 2.24) is 0 Å². The largest absolute Gasteiger partial charge is 0.319 e. The van der Waals surface area contributed by atoms with Crippen LogP contribution in [0.1, 0.15) is 0 Å². The van der Waals surface area contributed by atoms with Gasteiger partial charge in [0.05, 0.1) is 0 Å². The summed E-state index contributed by atoms with van der Waals surface area (Å²) >= 11 is 0. The van der Waals surface area contributed by atoms with Crippen LogP contribution >= 0.6 is 0 Å². The molecule has 20 heavy (non-hydrogen) atoms. The summed E-state index contributed by atoms with van der Waals surface area (Å²) in [5, 5.41) is 0. The zero-order chi connectivity index (χ0) is 12.7. The molecule has 2 heteroatoms. The molecule has 0 nitrogen and oxygen atoms in total. The molecule has 96 valence electrons. The van der Waals surface area contributed by atoms with Gasteiger partial charge in [0, 0.05) is 65.4 Å². The van der Waals surface area contributed by atoms with Crippen LogP contribution in [0.2, 0.25) is 0 Å². The van der Waals surface area contributed by atoms with Crippen molar-refractivity contribution >= 4 is 0 Å². The molecule has 0 unspecified atom stereocenters. The summed E-state index contributed by atoms with van der Waals surface area (Å²) in [5.41, 5.74) is 0. The average molecular weight is 408 g/mol. The van der Waals surface area contributed by atoms with Gasteiger partial charge in [-0.25, -0.2) is 0 Å². The molecule has 0 aromatic heterocycles. The summed E-state index contributed by atoms with van der Waals surface area (Å²) in [7, 11) is 0. The van der Waals surface area contributed by atoms with Crippen molar-refractivity contribution in [3.05, 3.63) is 109 Å². The minimum atomic E-state index is 0. The molecule has 0 atom stereocenters. The molecule has 0 spiro atoms. The molecule has 0 aliphatic rings. The van der Waals surface area contributed by atoms with E-state index in [4.69, 9.17) is 0 Å². The molecular weight excluding hydrogens is 394 g/mol. The van der Waals surface area contributed by atoms with Crippen molar-refractivity contribution < 1.29 is 65.4 Å². The molecule has 0 N–H and O–H groups in total. The zero-order valence-corrected chi connectivity index (χ0v) is 16.9. The third kappa shape index (κ3) is 15.9. The first-order valence-corrected chi connectivity index (χ1v) is 5.64. The van der Waals surface area contributed by atoms with Crippen LogP contribution in [0.5, 0.6) is 0 Å². The quantitative estimate of drug-likeness (QED) is 0.488. The van der Waals surface area contributed by atoms with Crippen molar-refractivity contribution in [1.29, 1.82) is 0 Å². The third-order valence-corrected chi connectivity index (χ3v) is 1.77. The Balaban J connectivity index is 0. The Morgan fingerprint density at radius 1 is 0.300 bits per heavy atom. The van der Waals surface area contributed by atoms with Gasteiger partial charge in [0.15, 0.2) is 0 Å². The summed E-state index contributed by atoms with van der Waals surface area (Å²) in [6.45, 7) is 0. The van der Waals surface area contributed by atoms with Crippen molar-refractivity contribution in [2.45, 2.75) is 0 Å². The van der Waals surface area contributed by atoms with E-state index in [1.807, 2.05) is 84.9 Å². The fourth-order valence-electron chi connectivity index (χ4n) is 0.987. The van der Waals surface area contributed by atoms with Crippen LogP contribution < -0.4 is 0 Å². The van der Waals surface area contributed by atoms with Gasteiger partial charge in [-0.15, -0.1) is 0 Å². The molecule has 0 aliphatic heterocycles. The number of rotatable bonds is 0. The Morgan fingerprint density at radius 2 is 0.550 bits per heavy atom. The molecule has 3 rings (SSSR count). The smallest absolute Gasteiger partial charge is 0 e. The summed E-state index contributed by atoms with van der Waals surface area (Å²) in [6, 6.07) is 38.0. The van der Waals surface area contributed by atoms with Crippen molar-refractivity contribution in [3.63, 3.8) is 0 Å². The van der Waals surface area contributed by atoms with Gasteiger partial charge in [0.25, 0.3) is 0 Å². The predicted octanol–water partition coefficient (Wildman–Crippen LogP) is 4.26. The van der Waals surface area contributed by atoms with Gasteiger partial charge >= 0.3 is 0 Å². The van der Waals surface area contributed by atoms with Crippen LogP contribution in [0.25, 0.3) is 0 Å². The second-order valence-corrected chi connectivity index (χ2v) is 3.15. The van der Waals surface area contributed by atoms with E-state index in [1.54, 1.807) is 0 Å². The first kappa shape index (κ1) is 22.2. The molecule has 0 amide bonds. The fraction of sp³-hybridized carbons (Fsp3) is 0. The summed E-state index contributed by atoms with van der Waals surface area (Å²) in [4.78, 5) is 0. The number of hydrogen-bond donors (Lipinski definition) is 0. The van der Waals surface area contributed by atoms with E-state index in [1.165, 1.54) is 0 Å². The van der Waals surface area contributed by atoms with Crippen LogP contribution in [0.3, 0.4) is 0 Å². The SMILES string of the molecule is [Y].[Y].[c-]1cc[c-]cc1.[c-]1ccccc1.[c-]1ccccc1. The van der Waals surface area contributed by atoms with Gasteiger partial charge in [-0.3, -0.25) is 24.3 Å². The van der Waals surface area contributed by atoms with Crippen LogP contribution in [0.4, 0.5) is 0 Å².